The highest BCUT2D eigenvalue weighted by molar-refractivity contribution is 5.85. The van der Waals surface area contributed by atoms with Gasteiger partial charge in [-0.15, -0.1) is 12.4 Å². The summed E-state index contributed by atoms with van der Waals surface area (Å²) in [7, 11) is 0. The molecule has 1 saturated heterocycles. The zero-order valence-electron chi connectivity index (χ0n) is 12.0. The summed E-state index contributed by atoms with van der Waals surface area (Å²) < 4.78 is 10.8. The maximum absolute atomic E-state index is 11.6. The lowest BCUT2D eigenvalue weighted by Crippen LogP contribution is -2.44. The van der Waals surface area contributed by atoms with Crippen molar-refractivity contribution >= 4 is 18.3 Å². The topological polar surface area (TPSA) is 59.6 Å². The lowest BCUT2D eigenvalue weighted by Gasteiger charge is -2.23. The molecule has 21 heavy (non-hydrogen) atoms. The number of carbonyl (C=O) groups is 1. The molecule has 1 aromatic carbocycles. The summed E-state index contributed by atoms with van der Waals surface area (Å²) >= 11 is 0. The van der Waals surface area contributed by atoms with Crippen LogP contribution in [-0.4, -0.2) is 44.9 Å². The summed E-state index contributed by atoms with van der Waals surface area (Å²) in [5.41, 5.74) is 0. The van der Waals surface area contributed by atoms with E-state index in [1.165, 1.54) is 0 Å². The third-order valence-corrected chi connectivity index (χ3v) is 3.18. The first-order valence-electron chi connectivity index (χ1n) is 7.10. The molecule has 5 nitrogen and oxygen atoms in total. The number of para-hydroxylation sites is 1. The number of carbonyl (C=O) groups excluding carboxylic acids is 1. The van der Waals surface area contributed by atoms with Gasteiger partial charge in [-0.05, 0) is 38.1 Å². The molecule has 0 saturated carbocycles. The van der Waals surface area contributed by atoms with Crippen molar-refractivity contribution in [2.75, 3.05) is 32.9 Å². The number of hydrogen-bond donors (Lipinski definition) is 2. The monoisotopic (exact) mass is 314 g/mol. The fraction of sp³-hybridized carbons (Fsp3) is 0.533. The molecule has 6 heteroatoms. The van der Waals surface area contributed by atoms with E-state index in [1.807, 2.05) is 30.3 Å². The first kappa shape index (κ1) is 17.8. The third kappa shape index (κ3) is 7.32. The lowest BCUT2D eigenvalue weighted by atomic mass is 10.1. The van der Waals surface area contributed by atoms with E-state index in [9.17, 15) is 4.79 Å². The molecule has 0 radical (unpaired) electrons. The van der Waals surface area contributed by atoms with Gasteiger partial charge in [-0.1, -0.05) is 18.2 Å². The highest BCUT2D eigenvalue weighted by Crippen LogP contribution is 2.07. The number of benzene rings is 1. The molecule has 1 aliphatic rings. The number of ether oxygens (including phenoxy) is 2. The SMILES string of the molecule is Cl.O=C(COCCOc1ccccc1)NC1CCNCC1. The van der Waals surface area contributed by atoms with Gasteiger partial charge in [0.2, 0.25) is 5.91 Å². The summed E-state index contributed by atoms with van der Waals surface area (Å²) in [6.07, 6.45) is 1.98. The highest BCUT2D eigenvalue weighted by Gasteiger charge is 2.14. The van der Waals surface area contributed by atoms with E-state index in [-0.39, 0.29) is 31.0 Å². The van der Waals surface area contributed by atoms with Crippen molar-refractivity contribution in [3.63, 3.8) is 0 Å². The number of amides is 1. The molecule has 1 aromatic rings. The highest BCUT2D eigenvalue weighted by atomic mass is 35.5. The van der Waals surface area contributed by atoms with Gasteiger partial charge in [0.15, 0.2) is 0 Å². The molecule has 1 aliphatic heterocycles. The van der Waals surface area contributed by atoms with Gasteiger partial charge in [0.25, 0.3) is 0 Å². The summed E-state index contributed by atoms with van der Waals surface area (Å²) in [6.45, 7) is 2.90. The fourth-order valence-corrected chi connectivity index (χ4v) is 2.14. The van der Waals surface area contributed by atoms with E-state index >= 15 is 0 Å². The Labute approximate surface area is 131 Å². The summed E-state index contributed by atoms with van der Waals surface area (Å²) in [5.74, 6) is 0.770. The van der Waals surface area contributed by atoms with Crippen LogP contribution in [0.15, 0.2) is 30.3 Å². The molecule has 0 unspecified atom stereocenters. The molecule has 1 heterocycles. The standard InChI is InChI=1S/C15H22N2O3.ClH/c18-15(17-13-6-8-16-9-7-13)12-19-10-11-20-14-4-2-1-3-5-14;/h1-5,13,16H,6-12H2,(H,17,18);1H. The number of rotatable bonds is 7. The van der Waals surface area contributed by atoms with E-state index in [2.05, 4.69) is 10.6 Å². The van der Waals surface area contributed by atoms with Gasteiger partial charge < -0.3 is 20.1 Å². The van der Waals surface area contributed by atoms with Crippen molar-refractivity contribution in [2.45, 2.75) is 18.9 Å². The molecule has 0 aliphatic carbocycles. The molecule has 0 atom stereocenters. The molecule has 1 fully saturated rings. The predicted molar refractivity (Wildman–Crippen MR) is 84.0 cm³/mol. The second-order valence-corrected chi connectivity index (χ2v) is 4.81. The Morgan fingerprint density at radius 1 is 1.19 bits per heavy atom. The molecule has 0 spiro atoms. The zero-order chi connectivity index (χ0) is 14.0. The van der Waals surface area contributed by atoms with Crippen LogP contribution < -0.4 is 15.4 Å². The largest absolute Gasteiger partial charge is 0.491 e. The molecule has 0 bridgehead atoms. The van der Waals surface area contributed by atoms with Gasteiger partial charge >= 0.3 is 0 Å². The number of hydrogen-bond acceptors (Lipinski definition) is 4. The number of halogens is 1. The van der Waals surface area contributed by atoms with Crippen LogP contribution in [0.25, 0.3) is 0 Å². The van der Waals surface area contributed by atoms with Crippen molar-refractivity contribution in [1.82, 2.24) is 10.6 Å². The van der Waals surface area contributed by atoms with Crippen LogP contribution in [0.1, 0.15) is 12.8 Å². The Morgan fingerprint density at radius 2 is 1.90 bits per heavy atom. The van der Waals surface area contributed by atoms with Crippen LogP contribution in [-0.2, 0) is 9.53 Å². The molecule has 2 rings (SSSR count). The Bertz CT molecular complexity index is 397. The van der Waals surface area contributed by atoms with Gasteiger partial charge in [0.1, 0.15) is 19.0 Å². The molecule has 0 aromatic heterocycles. The number of nitrogens with one attached hydrogen (secondary N) is 2. The molecule has 2 N–H and O–H groups in total. The number of piperidine rings is 1. The van der Waals surface area contributed by atoms with Crippen molar-refractivity contribution in [3.8, 4) is 5.75 Å². The molecular formula is C15H23ClN2O3. The van der Waals surface area contributed by atoms with Crippen molar-refractivity contribution in [2.24, 2.45) is 0 Å². The van der Waals surface area contributed by atoms with Crippen LogP contribution in [0.3, 0.4) is 0 Å². The van der Waals surface area contributed by atoms with Crippen LogP contribution in [0.4, 0.5) is 0 Å². The maximum Gasteiger partial charge on any atom is 0.246 e. The van der Waals surface area contributed by atoms with E-state index in [1.54, 1.807) is 0 Å². The van der Waals surface area contributed by atoms with E-state index in [0.717, 1.165) is 31.7 Å². The van der Waals surface area contributed by atoms with Crippen LogP contribution in [0.2, 0.25) is 0 Å². The van der Waals surface area contributed by atoms with Gasteiger partial charge in [0.05, 0.1) is 6.61 Å². The molecule has 118 valence electrons. The van der Waals surface area contributed by atoms with Gasteiger partial charge in [-0.3, -0.25) is 4.79 Å². The summed E-state index contributed by atoms with van der Waals surface area (Å²) in [6, 6.07) is 9.85. The average Bonchev–Trinajstić information content (AvgIpc) is 2.49. The Morgan fingerprint density at radius 3 is 2.62 bits per heavy atom. The van der Waals surface area contributed by atoms with Gasteiger partial charge in [-0.2, -0.15) is 0 Å². The third-order valence-electron chi connectivity index (χ3n) is 3.18. The van der Waals surface area contributed by atoms with Crippen molar-refractivity contribution in [3.05, 3.63) is 30.3 Å². The van der Waals surface area contributed by atoms with Crippen molar-refractivity contribution in [1.29, 1.82) is 0 Å². The van der Waals surface area contributed by atoms with Gasteiger partial charge in [-0.25, -0.2) is 0 Å². The second-order valence-electron chi connectivity index (χ2n) is 4.81. The second kappa shape index (κ2) is 10.4. The Hall–Kier alpha value is -1.30. The quantitative estimate of drug-likeness (QED) is 0.746. The molecular weight excluding hydrogens is 292 g/mol. The van der Waals surface area contributed by atoms with Crippen LogP contribution >= 0.6 is 12.4 Å². The zero-order valence-corrected chi connectivity index (χ0v) is 12.9. The Balaban J connectivity index is 0.00000220. The first-order valence-corrected chi connectivity index (χ1v) is 7.10. The van der Waals surface area contributed by atoms with E-state index in [0.29, 0.717) is 13.2 Å². The minimum Gasteiger partial charge on any atom is -0.491 e. The van der Waals surface area contributed by atoms with Gasteiger partial charge in [0, 0.05) is 6.04 Å². The summed E-state index contributed by atoms with van der Waals surface area (Å²) in [5, 5.41) is 6.25. The average molecular weight is 315 g/mol. The predicted octanol–water partition coefficient (Wildman–Crippen LogP) is 1.37. The normalized spacial score (nSPS) is 15.0. The minimum absolute atomic E-state index is 0. The lowest BCUT2D eigenvalue weighted by molar-refractivity contribution is -0.126. The molecule has 1 amide bonds. The first-order chi connectivity index (χ1) is 9.84. The fourth-order valence-electron chi connectivity index (χ4n) is 2.14. The van der Waals surface area contributed by atoms with Crippen molar-refractivity contribution < 1.29 is 14.3 Å². The Kier molecular flexibility index (Phi) is 8.82. The van der Waals surface area contributed by atoms with Crippen LogP contribution in [0, 0.1) is 0 Å². The smallest absolute Gasteiger partial charge is 0.246 e. The maximum atomic E-state index is 11.6. The summed E-state index contributed by atoms with van der Waals surface area (Å²) in [4.78, 5) is 11.6. The van der Waals surface area contributed by atoms with E-state index < -0.39 is 0 Å². The van der Waals surface area contributed by atoms with Crippen LogP contribution in [0.5, 0.6) is 5.75 Å². The minimum atomic E-state index is -0.0448. The van der Waals surface area contributed by atoms with E-state index in [4.69, 9.17) is 9.47 Å².